The highest BCUT2D eigenvalue weighted by atomic mass is 32.1. The van der Waals surface area contributed by atoms with Crippen molar-refractivity contribution in [2.24, 2.45) is 5.92 Å². The maximum absolute atomic E-state index is 11.6. The minimum atomic E-state index is -0.481. The van der Waals surface area contributed by atoms with Gasteiger partial charge in [0.25, 0.3) is 0 Å². The largest absolute Gasteiger partial charge is 0.391 e. The topological polar surface area (TPSA) is 61.4 Å². The minimum Gasteiger partial charge on any atom is -0.391 e. The van der Waals surface area contributed by atoms with Gasteiger partial charge in [-0.15, -0.1) is 0 Å². The van der Waals surface area contributed by atoms with Crippen LogP contribution in [-0.2, 0) is 0 Å². The van der Waals surface area contributed by atoms with Crippen LogP contribution in [-0.4, -0.2) is 30.3 Å². The van der Waals surface area contributed by atoms with Crippen LogP contribution in [0.2, 0.25) is 0 Å². The zero-order valence-corrected chi connectivity index (χ0v) is 12.7. The van der Waals surface area contributed by atoms with Crippen LogP contribution in [0.15, 0.2) is 16.8 Å². The van der Waals surface area contributed by atoms with Crippen molar-refractivity contribution in [2.45, 2.75) is 39.2 Å². The number of hydrogen-bond acceptors (Lipinski definition) is 3. The summed E-state index contributed by atoms with van der Waals surface area (Å²) in [6, 6.07) is 1.85. The van der Waals surface area contributed by atoms with E-state index in [-0.39, 0.29) is 11.9 Å². The molecule has 0 saturated carbocycles. The van der Waals surface area contributed by atoms with Gasteiger partial charge in [0, 0.05) is 13.1 Å². The molecular weight excluding hydrogens is 260 g/mol. The van der Waals surface area contributed by atoms with E-state index in [4.69, 9.17) is 0 Å². The van der Waals surface area contributed by atoms with Crippen molar-refractivity contribution in [3.8, 4) is 0 Å². The number of thiophene rings is 1. The summed E-state index contributed by atoms with van der Waals surface area (Å²) >= 11 is 1.66. The van der Waals surface area contributed by atoms with Gasteiger partial charge in [0.2, 0.25) is 0 Å². The molecule has 3 atom stereocenters. The Bertz CT molecular complexity index is 368. The molecule has 0 saturated heterocycles. The van der Waals surface area contributed by atoms with Crippen molar-refractivity contribution >= 4 is 17.4 Å². The lowest BCUT2D eigenvalue weighted by Gasteiger charge is -2.18. The fraction of sp³-hybridized carbons (Fsp3) is 0.643. The number of urea groups is 1. The van der Waals surface area contributed by atoms with Crippen molar-refractivity contribution in [1.29, 1.82) is 0 Å². The predicted molar refractivity (Wildman–Crippen MR) is 79.6 cm³/mol. The summed E-state index contributed by atoms with van der Waals surface area (Å²) in [5.74, 6) is 0.501. The third kappa shape index (κ3) is 5.61. The van der Waals surface area contributed by atoms with Gasteiger partial charge in [0.05, 0.1) is 6.10 Å². The number of amides is 2. The number of carbonyl (C=O) groups is 1. The molecule has 4 nitrogen and oxygen atoms in total. The molecule has 1 rings (SSSR count). The molecule has 0 bridgehead atoms. The Hall–Kier alpha value is -1.07. The molecular formula is C14H24N2O2S. The van der Waals surface area contributed by atoms with Gasteiger partial charge in [-0.2, -0.15) is 11.3 Å². The van der Waals surface area contributed by atoms with Gasteiger partial charge in [-0.3, -0.25) is 0 Å². The second-order valence-corrected chi connectivity index (χ2v) is 5.78. The van der Waals surface area contributed by atoms with Gasteiger partial charge in [-0.1, -0.05) is 27.2 Å². The predicted octanol–water partition coefficient (Wildman–Crippen LogP) is 2.56. The van der Waals surface area contributed by atoms with Crippen molar-refractivity contribution in [1.82, 2.24) is 10.6 Å². The molecule has 0 spiro atoms. The zero-order valence-electron chi connectivity index (χ0n) is 11.8. The highest BCUT2D eigenvalue weighted by Gasteiger charge is 2.13. The van der Waals surface area contributed by atoms with Crippen LogP contribution in [0.5, 0.6) is 0 Å². The van der Waals surface area contributed by atoms with E-state index < -0.39 is 6.10 Å². The van der Waals surface area contributed by atoms with Crippen LogP contribution in [0.4, 0.5) is 4.79 Å². The number of aliphatic hydroxyl groups is 1. The van der Waals surface area contributed by atoms with Gasteiger partial charge < -0.3 is 15.7 Å². The van der Waals surface area contributed by atoms with Crippen molar-refractivity contribution in [2.75, 3.05) is 13.1 Å². The number of aliphatic hydroxyl groups excluding tert-OH is 1. The van der Waals surface area contributed by atoms with Gasteiger partial charge in [0.1, 0.15) is 0 Å². The molecule has 108 valence electrons. The van der Waals surface area contributed by atoms with E-state index in [0.717, 1.165) is 6.42 Å². The number of carbonyl (C=O) groups excluding carboxylic acids is 1. The smallest absolute Gasteiger partial charge is 0.314 e. The summed E-state index contributed by atoms with van der Waals surface area (Å²) in [4.78, 5) is 11.6. The van der Waals surface area contributed by atoms with Gasteiger partial charge in [-0.25, -0.2) is 4.79 Å². The van der Waals surface area contributed by atoms with Gasteiger partial charge in [-0.05, 0) is 34.2 Å². The van der Waals surface area contributed by atoms with Crippen LogP contribution >= 0.6 is 11.3 Å². The molecule has 0 fully saturated rings. The summed E-state index contributed by atoms with van der Waals surface area (Å²) in [5, 5.41) is 19.4. The third-order valence-corrected chi connectivity index (χ3v) is 4.16. The first-order chi connectivity index (χ1) is 9.04. The fourth-order valence-corrected chi connectivity index (χ4v) is 2.43. The first-order valence-electron chi connectivity index (χ1n) is 6.76. The highest BCUT2D eigenvalue weighted by molar-refractivity contribution is 7.07. The first kappa shape index (κ1) is 16.0. The maximum Gasteiger partial charge on any atom is 0.314 e. The first-order valence-corrected chi connectivity index (χ1v) is 7.70. The average molecular weight is 284 g/mol. The Labute approximate surface area is 119 Å². The summed E-state index contributed by atoms with van der Waals surface area (Å²) < 4.78 is 0. The third-order valence-electron chi connectivity index (χ3n) is 3.45. The van der Waals surface area contributed by atoms with E-state index in [0.29, 0.717) is 19.0 Å². The maximum atomic E-state index is 11.6. The molecule has 0 aliphatic heterocycles. The number of nitrogens with one attached hydrogen (secondary N) is 2. The lowest BCUT2D eigenvalue weighted by molar-refractivity contribution is 0.114. The minimum absolute atomic E-state index is 0.199. The standard InChI is InChI=1S/C14H24N2O2S/c1-4-10(2)13(17)8-16-14(18)15-7-11(3)12-5-6-19-9-12/h5-6,9-11,13,17H,4,7-8H2,1-3H3,(H2,15,16,18). The normalized spacial score (nSPS) is 15.6. The van der Waals surface area contributed by atoms with Crippen LogP contribution < -0.4 is 10.6 Å². The van der Waals surface area contributed by atoms with E-state index in [1.54, 1.807) is 11.3 Å². The molecule has 0 aliphatic carbocycles. The molecule has 5 heteroatoms. The second-order valence-electron chi connectivity index (χ2n) is 5.00. The molecule has 3 N–H and O–H groups in total. The monoisotopic (exact) mass is 284 g/mol. The molecule has 0 radical (unpaired) electrons. The summed E-state index contributed by atoms with van der Waals surface area (Å²) in [5.41, 5.74) is 1.24. The van der Waals surface area contributed by atoms with Gasteiger partial charge >= 0.3 is 6.03 Å². The van der Waals surface area contributed by atoms with E-state index in [1.807, 2.05) is 19.2 Å². The van der Waals surface area contributed by atoms with Crippen molar-refractivity contribution in [3.05, 3.63) is 22.4 Å². The summed E-state index contributed by atoms with van der Waals surface area (Å²) in [6.45, 7) is 6.98. The van der Waals surface area contributed by atoms with Crippen LogP contribution in [0.1, 0.15) is 38.7 Å². The Kier molecular flexibility index (Phi) is 6.87. The van der Waals surface area contributed by atoms with E-state index in [1.165, 1.54) is 5.56 Å². The van der Waals surface area contributed by atoms with E-state index in [2.05, 4.69) is 29.0 Å². The zero-order chi connectivity index (χ0) is 14.3. The lowest BCUT2D eigenvalue weighted by Crippen LogP contribution is -2.42. The summed E-state index contributed by atoms with van der Waals surface area (Å²) in [6.07, 6.45) is 0.421. The molecule has 0 aromatic carbocycles. The quantitative estimate of drug-likeness (QED) is 0.720. The van der Waals surface area contributed by atoms with Gasteiger partial charge in [0.15, 0.2) is 0 Å². The number of rotatable bonds is 7. The molecule has 0 aliphatic rings. The Morgan fingerprint density at radius 2 is 2.05 bits per heavy atom. The Balaban J connectivity index is 2.21. The van der Waals surface area contributed by atoms with Crippen LogP contribution in [0.25, 0.3) is 0 Å². The molecule has 2 amide bonds. The van der Waals surface area contributed by atoms with Crippen molar-refractivity contribution < 1.29 is 9.90 Å². The average Bonchev–Trinajstić information content (AvgIpc) is 2.95. The fourth-order valence-electron chi connectivity index (χ4n) is 1.65. The van der Waals surface area contributed by atoms with Crippen LogP contribution in [0, 0.1) is 5.92 Å². The van der Waals surface area contributed by atoms with E-state index in [9.17, 15) is 9.90 Å². The summed E-state index contributed by atoms with van der Waals surface area (Å²) in [7, 11) is 0. The molecule has 19 heavy (non-hydrogen) atoms. The Morgan fingerprint density at radius 1 is 1.37 bits per heavy atom. The molecule has 1 aromatic heterocycles. The Morgan fingerprint density at radius 3 is 2.63 bits per heavy atom. The number of hydrogen-bond donors (Lipinski definition) is 3. The molecule has 1 aromatic rings. The highest BCUT2D eigenvalue weighted by Crippen LogP contribution is 2.16. The second kappa shape index (κ2) is 8.17. The lowest BCUT2D eigenvalue weighted by atomic mass is 10.0. The van der Waals surface area contributed by atoms with Crippen LogP contribution in [0.3, 0.4) is 0 Å². The van der Waals surface area contributed by atoms with Crippen molar-refractivity contribution in [3.63, 3.8) is 0 Å². The molecule has 3 unspecified atom stereocenters. The van der Waals surface area contributed by atoms with E-state index >= 15 is 0 Å². The SMILES string of the molecule is CCC(C)C(O)CNC(=O)NCC(C)c1ccsc1. The molecule has 1 heterocycles.